The first-order valence-corrected chi connectivity index (χ1v) is 3.29. The SMILES string of the molecule is CCOC(C)COC=CF. The molecule has 0 heterocycles. The molecule has 0 fully saturated rings. The van der Waals surface area contributed by atoms with Crippen molar-refractivity contribution in [3.8, 4) is 0 Å². The fraction of sp³-hybridized carbons (Fsp3) is 0.714. The lowest BCUT2D eigenvalue weighted by Crippen LogP contribution is -2.13. The van der Waals surface area contributed by atoms with Crippen LogP contribution in [0.25, 0.3) is 0 Å². The van der Waals surface area contributed by atoms with Crippen LogP contribution in [0.1, 0.15) is 13.8 Å². The van der Waals surface area contributed by atoms with Gasteiger partial charge in [-0.25, -0.2) is 4.39 Å². The topological polar surface area (TPSA) is 18.5 Å². The van der Waals surface area contributed by atoms with Gasteiger partial charge in [-0.15, -0.1) is 0 Å². The summed E-state index contributed by atoms with van der Waals surface area (Å²) in [6.07, 6.45) is 1.40. The lowest BCUT2D eigenvalue weighted by molar-refractivity contribution is 0.0264. The standard InChI is InChI=1S/C7H13FO2/c1-3-10-7(2)6-9-5-4-8/h4-5,7H,3,6H2,1-2H3. The van der Waals surface area contributed by atoms with Gasteiger partial charge in [0.05, 0.1) is 6.10 Å². The summed E-state index contributed by atoms with van der Waals surface area (Å²) in [4.78, 5) is 0. The maximum absolute atomic E-state index is 11.3. The highest BCUT2D eigenvalue weighted by molar-refractivity contribution is 4.59. The van der Waals surface area contributed by atoms with Gasteiger partial charge in [0, 0.05) is 6.61 Å². The van der Waals surface area contributed by atoms with Crippen LogP contribution in [0.2, 0.25) is 0 Å². The third-order valence-corrected chi connectivity index (χ3v) is 0.930. The van der Waals surface area contributed by atoms with E-state index < -0.39 is 0 Å². The zero-order valence-electron chi connectivity index (χ0n) is 6.34. The Morgan fingerprint density at radius 1 is 1.60 bits per heavy atom. The summed E-state index contributed by atoms with van der Waals surface area (Å²) in [5.41, 5.74) is 0. The fourth-order valence-electron chi connectivity index (χ4n) is 0.560. The van der Waals surface area contributed by atoms with Crippen LogP contribution >= 0.6 is 0 Å². The van der Waals surface area contributed by atoms with Crippen molar-refractivity contribution in [2.45, 2.75) is 20.0 Å². The summed E-state index contributed by atoms with van der Waals surface area (Å²) in [6.45, 7) is 4.83. The molecule has 0 aliphatic carbocycles. The molecule has 3 heteroatoms. The van der Waals surface area contributed by atoms with Crippen LogP contribution in [0.3, 0.4) is 0 Å². The van der Waals surface area contributed by atoms with Gasteiger partial charge in [-0.1, -0.05) is 0 Å². The molecule has 0 rings (SSSR count). The lowest BCUT2D eigenvalue weighted by Gasteiger charge is -2.09. The van der Waals surface area contributed by atoms with E-state index in [0.717, 1.165) is 6.26 Å². The molecule has 1 atom stereocenters. The van der Waals surface area contributed by atoms with E-state index in [9.17, 15) is 4.39 Å². The molecule has 10 heavy (non-hydrogen) atoms. The Labute approximate surface area is 60.6 Å². The van der Waals surface area contributed by atoms with Crippen molar-refractivity contribution in [1.29, 1.82) is 0 Å². The first-order valence-electron chi connectivity index (χ1n) is 3.29. The monoisotopic (exact) mass is 148 g/mol. The van der Waals surface area contributed by atoms with Crippen LogP contribution in [0, 0.1) is 0 Å². The summed E-state index contributed by atoms with van der Waals surface area (Å²) in [5.74, 6) is 0. The van der Waals surface area contributed by atoms with Gasteiger partial charge in [0.25, 0.3) is 0 Å². The first kappa shape index (κ1) is 9.43. The minimum absolute atomic E-state index is 0.0289. The Bertz CT molecular complexity index is 93.6. The third-order valence-electron chi connectivity index (χ3n) is 0.930. The Kier molecular flexibility index (Phi) is 6.18. The predicted octanol–water partition coefficient (Wildman–Crippen LogP) is 1.87. The van der Waals surface area contributed by atoms with Crippen molar-refractivity contribution >= 4 is 0 Å². The van der Waals surface area contributed by atoms with E-state index in [1.807, 2.05) is 13.8 Å². The Morgan fingerprint density at radius 3 is 2.80 bits per heavy atom. The number of hydrogen-bond acceptors (Lipinski definition) is 2. The van der Waals surface area contributed by atoms with Gasteiger partial charge in [-0.2, -0.15) is 0 Å². The van der Waals surface area contributed by atoms with Crippen LogP contribution in [0.5, 0.6) is 0 Å². The van der Waals surface area contributed by atoms with E-state index in [1.54, 1.807) is 0 Å². The van der Waals surface area contributed by atoms with E-state index in [2.05, 4.69) is 0 Å². The minimum atomic E-state index is 0.0289. The molecule has 0 aliphatic heterocycles. The number of halogens is 1. The van der Waals surface area contributed by atoms with Crippen LogP contribution in [-0.2, 0) is 9.47 Å². The smallest absolute Gasteiger partial charge is 0.121 e. The number of hydrogen-bond donors (Lipinski definition) is 0. The molecule has 0 bridgehead atoms. The van der Waals surface area contributed by atoms with Crippen molar-refractivity contribution in [2.24, 2.45) is 0 Å². The van der Waals surface area contributed by atoms with Crippen molar-refractivity contribution in [2.75, 3.05) is 13.2 Å². The molecule has 0 aliphatic rings. The highest BCUT2D eigenvalue weighted by Crippen LogP contribution is 1.91. The van der Waals surface area contributed by atoms with Crippen molar-refractivity contribution < 1.29 is 13.9 Å². The van der Waals surface area contributed by atoms with Crippen molar-refractivity contribution in [3.63, 3.8) is 0 Å². The maximum Gasteiger partial charge on any atom is 0.121 e. The second-order valence-electron chi connectivity index (χ2n) is 1.86. The van der Waals surface area contributed by atoms with Gasteiger partial charge >= 0.3 is 0 Å². The van der Waals surface area contributed by atoms with Crippen molar-refractivity contribution in [3.05, 3.63) is 12.6 Å². The van der Waals surface area contributed by atoms with Gasteiger partial charge in [-0.05, 0) is 13.8 Å². The second-order valence-corrected chi connectivity index (χ2v) is 1.86. The molecule has 0 aromatic carbocycles. The average Bonchev–Trinajstić information content (AvgIpc) is 1.89. The summed E-state index contributed by atoms with van der Waals surface area (Å²) in [7, 11) is 0. The normalized spacial score (nSPS) is 13.9. The molecule has 0 radical (unpaired) electrons. The Balaban J connectivity index is 3.12. The molecule has 0 amide bonds. The highest BCUT2D eigenvalue weighted by Gasteiger charge is 1.97. The van der Waals surface area contributed by atoms with Crippen LogP contribution in [0.4, 0.5) is 4.39 Å². The van der Waals surface area contributed by atoms with Crippen molar-refractivity contribution in [1.82, 2.24) is 0 Å². The summed E-state index contributed by atoms with van der Waals surface area (Å²) in [5, 5.41) is 0. The molecular weight excluding hydrogens is 135 g/mol. The zero-order valence-corrected chi connectivity index (χ0v) is 6.34. The number of rotatable bonds is 5. The second kappa shape index (κ2) is 6.55. The summed E-state index contributed by atoms with van der Waals surface area (Å²) in [6, 6.07) is 0. The van der Waals surface area contributed by atoms with Crippen LogP contribution < -0.4 is 0 Å². The molecule has 60 valence electrons. The van der Waals surface area contributed by atoms with E-state index >= 15 is 0 Å². The summed E-state index contributed by atoms with van der Waals surface area (Å²) < 4.78 is 21.1. The van der Waals surface area contributed by atoms with Gasteiger partial charge < -0.3 is 9.47 Å². The van der Waals surface area contributed by atoms with E-state index in [4.69, 9.17) is 9.47 Å². The van der Waals surface area contributed by atoms with Gasteiger partial charge in [-0.3, -0.25) is 0 Å². The average molecular weight is 148 g/mol. The quantitative estimate of drug-likeness (QED) is 0.554. The maximum atomic E-state index is 11.3. The summed E-state index contributed by atoms with van der Waals surface area (Å²) >= 11 is 0. The molecule has 0 N–H and O–H groups in total. The minimum Gasteiger partial charge on any atom is -0.496 e. The zero-order chi connectivity index (χ0) is 7.82. The fourth-order valence-corrected chi connectivity index (χ4v) is 0.560. The molecule has 0 aromatic rings. The highest BCUT2D eigenvalue weighted by atomic mass is 19.1. The predicted molar refractivity (Wildman–Crippen MR) is 37.3 cm³/mol. The largest absolute Gasteiger partial charge is 0.496 e. The van der Waals surface area contributed by atoms with E-state index in [1.165, 1.54) is 0 Å². The van der Waals surface area contributed by atoms with Crippen LogP contribution in [0.15, 0.2) is 12.6 Å². The Morgan fingerprint density at radius 2 is 2.30 bits per heavy atom. The van der Waals surface area contributed by atoms with Gasteiger partial charge in [0.15, 0.2) is 0 Å². The molecule has 1 unspecified atom stereocenters. The molecule has 0 spiro atoms. The lowest BCUT2D eigenvalue weighted by atomic mass is 10.4. The third kappa shape index (κ3) is 5.56. The van der Waals surface area contributed by atoms with E-state index in [-0.39, 0.29) is 6.10 Å². The van der Waals surface area contributed by atoms with Gasteiger partial charge in [0.1, 0.15) is 19.2 Å². The molecule has 2 nitrogen and oxygen atoms in total. The molecule has 0 saturated carbocycles. The van der Waals surface area contributed by atoms with Crippen LogP contribution in [-0.4, -0.2) is 19.3 Å². The number of ether oxygens (including phenoxy) is 2. The van der Waals surface area contributed by atoms with E-state index in [0.29, 0.717) is 19.5 Å². The molecule has 0 saturated heterocycles. The molecular formula is C7H13FO2. The van der Waals surface area contributed by atoms with Gasteiger partial charge in [0.2, 0.25) is 0 Å². The molecule has 0 aromatic heterocycles. The first-order chi connectivity index (χ1) is 4.81. The Hall–Kier alpha value is -0.570.